The van der Waals surface area contributed by atoms with Crippen molar-refractivity contribution in [1.82, 2.24) is 14.8 Å². The highest BCUT2D eigenvalue weighted by atomic mass is 32.2. The van der Waals surface area contributed by atoms with E-state index in [0.717, 1.165) is 11.5 Å². The summed E-state index contributed by atoms with van der Waals surface area (Å²) in [6.45, 7) is 3.93. The number of rotatable bonds is 10. The van der Waals surface area contributed by atoms with Crippen LogP contribution in [0.25, 0.3) is 5.69 Å². The molecule has 1 atom stereocenters. The summed E-state index contributed by atoms with van der Waals surface area (Å²) in [6.07, 6.45) is 0. The molecule has 0 aliphatic rings. The molecule has 0 saturated heterocycles. The second kappa shape index (κ2) is 12.0. The molecule has 0 fully saturated rings. The molecule has 3 aromatic carbocycles. The second-order valence-corrected chi connectivity index (χ2v) is 10.3. The molecule has 7 nitrogen and oxygen atoms in total. The minimum atomic E-state index is -0.414. The Morgan fingerprint density at radius 3 is 2.39 bits per heavy atom. The summed E-state index contributed by atoms with van der Waals surface area (Å²) in [7, 11) is 3.14. The molecule has 1 aromatic heterocycles. The van der Waals surface area contributed by atoms with E-state index in [1.165, 1.54) is 22.2 Å². The van der Waals surface area contributed by atoms with E-state index in [-0.39, 0.29) is 5.91 Å². The van der Waals surface area contributed by atoms with Gasteiger partial charge in [0.1, 0.15) is 5.82 Å². The van der Waals surface area contributed by atoms with Crippen molar-refractivity contribution in [3.63, 3.8) is 0 Å². The topological polar surface area (TPSA) is 78.3 Å². The number of hydrogen-bond donors (Lipinski definition) is 1. The van der Waals surface area contributed by atoms with Crippen LogP contribution in [-0.4, -0.2) is 40.1 Å². The third-order valence-electron chi connectivity index (χ3n) is 5.41. The second-order valence-electron chi connectivity index (χ2n) is 7.99. The number of anilines is 1. The number of amides is 1. The Morgan fingerprint density at radius 1 is 0.972 bits per heavy atom. The zero-order chi connectivity index (χ0) is 25.5. The molecule has 4 aromatic rings. The number of nitrogens with one attached hydrogen (secondary N) is 1. The Labute approximate surface area is 219 Å². The van der Waals surface area contributed by atoms with Crippen LogP contribution in [0.3, 0.4) is 0 Å². The van der Waals surface area contributed by atoms with Crippen molar-refractivity contribution in [3.05, 3.63) is 84.2 Å². The SMILES string of the molecule is COc1ccc(NC(=O)C(C)Sc2nnc(CSc3ccc(C)cc3)n2-c2ccccc2)cc1OC. The van der Waals surface area contributed by atoms with Gasteiger partial charge in [-0.25, -0.2) is 0 Å². The lowest BCUT2D eigenvalue weighted by molar-refractivity contribution is -0.115. The molecule has 1 unspecified atom stereocenters. The van der Waals surface area contributed by atoms with Gasteiger partial charge in [-0.15, -0.1) is 22.0 Å². The molecule has 1 N–H and O–H groups in total. The van der Waals surface area contributed by atoms with E-state index in [0.29, 0.717) is 28.1 Å². The molecule has 36 heavy (non-hydrogen) atoms. The van der Waals surface area contributed by atoms with Crippen LogP contribution in [0.4, 0.5) is 5.69 Å². The number of thioether (sulfide) groups is 2. The molecule has 4 rings (SSSR count). The molecule has 1 heterocycles. The standard InChI is InChI=1S/C27H28N4O3S2/c1-18-10-13-22(14-11-18)35-17-25-29-30-27(31(25)21-8-6-5-7-9-21)36-19(2)26(32)28-20-12-15-23(33-3)24(16-20)34-4/h5-16,19H,17H2,1-4H3,(H,28,32). The number of aromatic nitrogens is 3. The molecular weight excluding hydrogens is 492 g/mol. The van der Waals surface area contributed by atoms with Gasteiger partial charge in [-0.1, -0.05) is 47.7 Å². The van der Waals surface area contributed by atoms with E-state index in [9.17, 15) is 4.79 Å². The maximum Gasteiger partial charge on any atom is 0.237 e. The van der Waals surface area contributed by atoms with Crippen molar-refractivity contribution in [2.24, 2.45) is 0 Å². The molecule has 0 radical (unpaired) electrons. The van der Waals surface area contributed by atoms with Gasteiger partial charge in [0.25, 0.3) is 0 Å². The largest absolute Gasteiger partial charge is 0.493 e. The van der Waals surface area contributed by atoms with E-state index < -0.39 is 5.25 Å². The predicted molar refractivity (Wildman–Crippen MR) is 146 cm³/mol. The van der Waals surface area contributed by atoms with Crippen LogP contribution >= 0.6 is 23.5 Å². The number of benzene rings is 3. The summed E-state index contributed by atoms with van der Waals surface area (Å²) in [5, 5.41) is 12.1. The number of carbonyl (C=O) groups excluding carboxylic acids is 1. The first-order valence-corrected chi connectivity index (χ1v) is 13.2. The first-order chi connectivity index (χ1) is 17.5. The minimum Gasteiger partial charge on any atom is -0.493 e. The zero-order valence-corrected chi connectivity index (χ0v) is 22.2. The number of hydrogen-bond acceptors (Lipinski definition) is 7. The number of carbonyl (C=O) groups is 1. The summed E-state index contributed by atoms with van der Waals surface area (Å²) in [5.74, 6) is 2.48. The summed E-state index contributed by atoms with van der Waals surface area (Å²) in [5.41, 5.74) is 2.81. The predicted octanol–water partition coefficient (Wildman–Crippen LogP) is 6.00. The molecule has 186 valence electrons. The molecule has 1 amide bonds. The lowest BCUT2D eigenvalue weighted by Gasteiger charge is -2.15. The number of methoxy groups -OCH3 is 2. The Kier molecular flexibility index (Phi) is 8.56. The highest BCUT2D eigenvalue weighted by molar-refractivity contribution is 8.00. The van der Waals surface area contributed by atoms with Gasteiger partial charge >= 0.3 is 0 Å². The molecule has 0 spiro atoms. The summed E-state index contributed by atoms with van der Waals surface area (Å²) in [4.78, 5) is 14.2. The van der Waals surface area contributed by atoms with Crippen molar-refractivity contribution in [2.75, 3.05) is 19.5 Å². The van der Waals surface area contributed by atoms with Crippen molar-refractivity contribution >= 4 is 35.1 Å². The van der Waals surface area contributed by atoms with E-state index in [2.05, 4.69) is 46.7 Å². The monoisotopic (exact) mass is 520 g/mol. The van der Waals surface area contributed by atoms with Crippen LogP contribution in [0.2, 0.25) is 0 Å². The molecule has 0 saturated carbocycles. The van der Waals surface area contributed by atoms with Crippen molar-refractivity contribution in [3.8, 4) is 17.2 Å². The van der Waals surface area contributed by atoms with Crippen LogP contribution < -0.4 is 14.8 Å². The number of para-hydroxylation sites is 1. The van der Waals surface area contributed by atoms with E-state index in [1.807, 2.05) is 41.8 Å². The molecule has 9 heteroatoms. The van der Waals surface area contributed by atoms with E-state index in [1.54, 1.807) is 44.2 Å². The van der Waals surface area contributed by atoms with Crippen molar-refractivity contribution in [1.29, 1.82) is 0 Å². The maximum absolute atomic E-state index is 13.0. The fourth-order valence-corrected chi connectivity index (χ4v) is 5.16. The van der Waals surface area contributed by atoms with Gasteiger partial charge in [-0.05, 0) is 50.2 Å². The van der Waals surface area contributed by atoms with E-state index >= 15 is 0 Å². The van der Waals surface area contributed by atoms with Gasteiger partial charge in [-0.3, -0.25) is 9.36 Å². The Morgan fingerprint density at radius 2 is 1.69 bits per heavy atom. The number of nitrogens with zero attached hydrogens (tertiary/aromatic N) is 3. The average Bonchev–Trinajstić information content (AvgIpc) is 3.30. The normalized spacial score (nSPS) is 11.7. The van der Waals surface area contributed by atoms with Crippen LogP contribution in [0.1, 0.15) is 18.3 Å². The third kappa shape index (κ3) is 6.22. The van der Waals surface area contributed by atoms with Crippen molar-refractivity contribution in [2.45, 2.75) is 34.9 Å². The van der Waals surface area contributed by atoms with Gasteiger partial charge < -0.3 is 14.8 Å². The van der Waals surface area contributed by atoms with Gasteiger partial charge in [0.05, 0.1) is 25.2 Å². The van der Waals surface area contributed by atoms with Crippen LogP contribution in [0.15, 0.2) is 82.8 Å². The van der Waals surface area contributed by atoms with Crippen LogP contribution in [0, 0.1) is 6.92 Å². The van der Waals surface area contributed by atoms with Gasteiger partial charge in [0, 0.05) is 22.3 Å². The summed E-state index contributed by atoms with van der Waals surface area (Å²) < 4.78 is 12.6. The van der Waals surface area contributed by atoms with Gasteiger partial charge in [-0.2, -0.15) is 0 Å². The Balaban J connectivity index is 1.51. The first-order valence-electron chi connectivity index (χ1n) is 11.4. The summed E-state index contributed by atoms with van der Waals surface area (Å²) >= 11 is 3.07. The lowest BCUT2D eigenvalue weighted by Crippen LogP contribution is -2.23. The first kappa shape index (κ1) is 25.7. The molecule has 0 bridgehead atoms. The smallest absolute Gasteiger partial charge is 0.237 e. The number of aryl methyl sites for hydroxylation is 1. The molecule has 0 aliphatic carbocycles. The van der Waals surface area contributed by atoms with E-state index in [4.69, 9.17) is 9.47 Å². The summed E-state index contributed by atoms with van der Waals surface area (Å²) in [6, 6.07) is 23.7. The Bertz CT molecular complexity index is 1310. The van der Waals surface area contributed by atoms with Crippen LogP contribution in [-0.2, 0) is 10.5 Å². The van der Waals surface area contributed by atoms with Gasteiger partial charge in [0.2, 0.25) is 5.91 Å². The number of ether oxygens (including phenoxy) is 2. The Hall–Kier alpha value is -3.43. The lowest BCUT2D eigenvalue weighted by atomic mass is 10.2. The zero-order valence-electron chi connectivity index (χ0n) is 20.6. The fourth-order valence-electron chi connectivity index (χ4n) is 3.46. The molecule has 0 aliphatic heterocycles. The maximum atomic E-state index is 13.0. The van der Waals surface area contributed by atoms with Gasteiger partial charge in [0.15, 0.2) is 16.7 Å². The van der Waals surface area contributed by atoms with Crippen LogP contribution in [0.5, 0.6) is 11.5 Å². The average molecular weight is 521 g/mol. The molecular formula is C27H28N4O3S2. The quantitative estimate of drug-likeness (QED) is 0.257. The highest BCUT2D eigenvalue weighted by Gasteiger charge is 2.22. The fraction of sp³-hybridized carbons (Fsp3) is 0.222. The third-order valence-corrected chi connectivity index (χ3v) is 7.46. The highest BCUT2D eigenvalue weighted by Crippen LogP contribution is 2.32. The minimum absolute atomic E-state index is 0.148. The van der Waals surface area contributed by atoms with Crippen molar-refractivity contribution < 1.29 is 14.3 Å².